The Balaban J connectivity index is 2.05. The molecule has 5 heteroatoms. The predicted octanol–water partition coefficient (Wildman–Crippen LogP) is 0.949. The highest BCUT2D eigenvalue weighted by atomic mass is 16.3. The summed E-state index contributed by atoms with van der Waals surface area (Å²) in [6, 6.07) is 5.37. The zero-order chi connectivity index (χ0) is 11.1. The van der Waals surface area contributed by atoms with E-state index in [1.54, 1.807) is 17.1 Å². The van der Waals surface area contributed by atoms with Gasteiger partial charge in [-0.1, -0.05) is 6.07 Å². The van der Waals surface area contributed by atoms with E-state index in [1.165, 1.54) is 0 Å². The predicted molar refractivity (Wildman–Crippen MR) is 58.9 cm³/mol. The van der Waals surface area contributed by atoms with Gasteiger partial charge in [0.05, 0.1) is 5.29 Å². The Hall–Kier alpha value is -1.65. The van der Waals surface area contributed by atoms with Gasteiger partial charge in [0, 0.05) is 37.3 Å². The maximum Gasteiger partial charge on any atom is 0.250 e. The normalized spacial score (nSPS) is 27.4. The van der Waals surface area contributed by atoms with Crippen LogP contribution >= 0.6 is 0 Å². The number of aromatic nitrogens is 1. The molecule has 2 atom stereocenters. The fraction of sp³-hybridized carbons (Fsp3) is 0.545. The first-order valence-corrected chi connectivity index (χ1v) is 5.56. The van der Waals surface area contributed by atoms with Crippen molar-refractivity contribution in [3.05, 3.63) is 39.2 Å². The molecule has 0 radical (unpaired) electrons. The Labute approximate surface area is 92.6 Å². The van der Waals surface area contributed by atoms with Crippen LogP contribution in [0.5, 0.6) is 0 Å². The van der Waals surface area contributed by atoms with Gasteiger partial charge in [0.25, 0.3) is 5.56 Å². The number of piperidine rings is 1. The largest absolute Gasteiger partial charge is 0.312 e. The summed E-state index contributed by atoms with van der Waals surface area (Å²) >= 11 is 0. The van der Waals surface area contributed by atoms with E-state index in [-0.39, 0.29) is 11.5 Å². The van der Waals surface area contributed by atoms with Crippen LogP contribution in [-0.2, 0) is 6.54 Å². The quantitative estimate of drug-likeness (QED) is 0.661. The molecule has 5 nitrogen and oxygen atoms in total. The lowest BCUT2D eigenvalue weighted by Crippen LogP contribution is -2.44. The third kappa shape index (κ3) is 1.35. The van der Waals surface area contributed by atoms with Gasteiger partial charge in [0.2, 0.25) is 0 Å². The van der Waals surface area contributed by atoms with Crippen LogP contribution in [0.1, 0.15) is 18.0 Å². The van der Waals surface area contributed by atoms with Crippen molar-refractivity contribution in [2.45, 2.75) is 18.9 Å². The number of nitrogens with zero attached hydrogens (tertiary/aromatic N) is 3. The van der Waals surface area contributed by atoms with Gasteiger partial charge in [-0.25, -0.2) is 0 Å². The molecule has 16 heavy (non-hydrogen) atoms. The van der Waals surface area contributed by atoms with Gasteiger partial charge >= 0.3 is 0 Å². The molecule has 1 aromatic rings. The smallest absolute Gasteiger partial charge is 0.250 e. The molecule has 0 spiro atoms. The van der Waals surface area contributed by atoms with Crippen LogP contribution in [0.25, 0.3) is 0 Å². The molecule has 1 fully saturated rings. The fourth-order valence-electron chi connectivity index (χ4n) is 2.94. The standard InChI is InChI=1S/C11H13N3O2/c15-11-3-1-2-10-9-4-8(6-14(10)11)5-13(7-9)12-16/h1-3,8-9H,4-7H2/t8-,9-/m1/s1. The Morgan fingerprint density at radius 1 is 1.25 bits per heavy atom. The van der Waals surface area contributed by atoms with Gasteiger partial charge in [0.15, 0.2) is 0 Å². The lowest BCUT2D eigenvalue weighted by atomic mass is 9.84. The first kappa shape index (κ1) is 9.57. The Morgan fingerprint density at radius 2 is 2.12 bits per heavy atom. The van der Waals surface area contributed by atoms with Gasteiger partial charge in [-0.2, -0.15) is 0 Å². The molecule has 84 valence electrons. The molecule has 2 aliphatic rings. The molecule has 0 N–H and O–H groups in total. The van der Waals surface area contributed by atoms with Gasteiger partial charge < -0.3 is 4.57 Å². The number of nitroso groups, excluding NO2 is 1. The Morgan fingerprint density at radius 3 is 2.94 bits per heavy atom. The second-order valence-electron chi connectivity index (χ2n) is 4.65. The second kappa shape index (κ2) is 3.43. The molecule has 0 aliphatic carbocycles. The van der Waals surface area contributed by atoms with E-state index in [4.69, 9.17) is 0 Å². The summed E-state index contributed by atoms with van der Waals surface area (Å²) in [7, 11) is 0. The van der Waals surface area contributed by atoms with Crippen molar-refractivity contribution in [2.24, 2.45) is 11.2 Å². The summed E-state index contributed by atoms with van der Waals surface area (Å²) in [6.07, 6.45) is 1.06. The summed E-state index contributed by atoms with van der Waals surface area (Å²) in [5.41, 5.74) is 1.12. The maximum atomic E-state index is 11.7. The van der Waals surface area contributed by atoms with Crippen LogP contribution in [0.3, 0.4) is 0 Å². The summed E-state index contributed by atoms with van der Waals surface area (Å²) in [5.74, 6) is 0.656. The van der Waals surface area contributed by atoms with Crippen LogP contribution in [0.15, 0.2) is 28.3 Å². The third-order valence-corrected chi connectivity index (χ3v) is 3.58. The van der Waals surface area contributed by atoms with Crippen molar-refractivity contribution in [1.29, 1.82) is 0 Å². The molecule has 2 aliphatic heterocycles. The molecule has 1 saturated heterocycles. The summed E-state index contributed by atoms with van der Waals surface area (Å²) in [5, 5.41) is 4.60. The van der Waals surface area contributed by atoms with Gasteiger partial charge in [-0.3, -0.25) is 9.80 Å². The highest BCUT2D eigenvalue weighted by molar-refractivity contribution is 5.16. The third-order valence-electron chi connectivity index (χ3n) is 3.58. The lowest BCUT2D eigenvalue weighted by molar-refractivity contribution is 0.122. The highest BCUT2D eigenvalue weighted by Gasteiger charge is 2.34. The molecule has 3 heterocycles. The lowest BCUT2D eigenvalue weighted by Gasteiger charge is -2.40. The second-order valence-corrected chi connectivity index (χ2v) is 4.65. The number of hydrogen-bond acceptors (Lipinski definition) is 3. The van der Waals surface area contributed by atoms with Crippen LogP contribution in [-0.4, -0.2) is 22.7 Å². The zero-order valence-corrected chi connectivity index (χ0v) is 8.87. The monoisotopic (exact) mass is 219 g/mol. The first-order chi connectivity index (χ1) is 7.78. The van der Waals surface area contributed by atoms with Crippen LogP contribution < -0.4 is 5.56 Å². The fourth-order valence-corrected chi connectivity index (χ4v) is 2.94. The molecule has 1 aromatic heterocycles. The van der Waals surface area contributed by atoms with E-state index in [2.05, 4.69) is 5.29 Å². The molecular formula is C11H13N3O2. The summed E-state index contributed by atoms with van der Waals surface area (Å²) in [6.45, 7) is 2.04. The SMILES string of the molecule is O=NN1C[C@H]2C[C@H](C1)c1cccc(=O)n1C2. The summed E-state index contributed by atoms with van der Waals surface area (Å²) < 4.78 is 1.85. The van der Waals surface area contributed by atoms with E-state index in [0.717, 1.165) is 18.7 Å². The molecule has 0 amide bonds. The maximum absolute atomic E-state index is 11.7. The van der Waals surface area contributed by atoms with Crippen LogP contribution in [0.4, 0.5) is 0 Å². The van der Waals surface area contributed by atoms with Crippen molar-refractivity contribution < 1.29 is 0 Å². The minimum atomic E-state index is 0.0692. The number of rotatable bonds is 1. The average molecular weight is 219 g/mol. The van der Waals surface area contributed by atoms with Crippen molar-refractivity contribution in [3.63, 3.8) is 0 Å². The molecule has 0 unspecified atom stereocenters. The topological polar surface area (TPSA) is 54.7 Å². The molecule has 2 bridgehead atoms. The van der Waals surface area contributed by atoms with E-state index in [9.17, 15) is 9.70 Å². The number of pyridine rings is 1. The first-order valence-electron chi connectivity index (χ1n) is 5.56. The van der Waals surface area contributed by atoms with Crippen molar-refractivity contribution >= 4 is 0 Å². The van der Waals surface area contributed by atoms with Crippen molar-refractivity contribution in [1.82, 2.24) is 9.58 Å². The van der Waals surface area contributed by atoms with E-state index in [1.807, 2.05) is 10.6 Å². The van der Waals surface area contributed by atoms with Crippen LogP contribution in [0, 0.1) is 10.8 Å². The number of fused-ring (bicyclic) bond motifs is 4. The van der Waals surface area contributed by atoms with E-state index >= 15 is 0 Å². The molecular weight excluding hydrogens is 206 g/mol. The number of hydrogen-bond donors (Lipinski definition) is 0. The minimum Gasteiger partial charge on any atom is -0.312 e. The Kier molecular flexibility index (Phi) is 2.05. The highest BCUT2D eigenvalue weighted by Crippen LogP contribution is 2.34. The molecule has 3 rings (SSSR count). The van der Waals surface area contributed by atoms with Crippen LogP contribution in [0.2, 0.25) is 0 Å². The molecule has 0 aromatic carbocycles. The Bertz CT molecular complexity index is 482. The summed E-state index contributed by atoms with van der Waals surface area (Å²) in [4.78, 5) is 22.3. The van der Waals surface area contributed by atoms with Gasteiger partial charge in [-0.05, 0) is 18.4 Å². The van der Waals surface area contributed by atoms with Crippen molar-refractivity contribution in [2.75, 3.05) is 13.1 Å². The minimum absolute atomic E-state index is 0.0692. The van der Waals surface area contributed by atoms with E-state index < -0.39 is 0 Å². The van der Waals surface area contributed by atoms with Gasteiger partial charge in [0.1, 0.15) is 0 Å². The van der Waals surface area contributed by atoms with Gasteiger partial charge in [-0.15, -0.1) is 4.91 Å². The molecule has 0 saturated carbocycles. The van der Waals surface area contributed by atoms with Crippen molar-refractivity contribution in [3.8, 4) is 0 Å². The van der Waals surface area contributed by atoms with E-state index in [0.29, 0.717) is 19.0 Å². The zero-order valence-electron chi connectivity index (χ0n) is 8.87. The average Bonchev–Trinajstić information content (AvgIpc) is 2.30.